The second-order valence-electron chi connectivity index (χ2n) is 3.23. The third kappa shape index (κ3) is 2.72. The SMILES string of the molecule is Cc1nn(C)c(CC(O)C(F)(F)F)c1Br. The summed E-state index contributed by atoms with van der Waals surface area (Å²) in [7, 11) is 1.54. The van der Waals surface area contributed by atoms with Crippen LogP contribution in [0, 0.1) is 6.92 Å². The predicted molar refractivity (Wildman–Crippen MR) is 51.4 cm³/mol. The van der Waals surface area contributed by atoms with Gasteiger partial charge >= 0.3 is 6.18 Å². The van der Waals surface area contributed by atoms with E-state index in [1.807, 2.05) is 0 Å². The van der Waals surface area contributed by atoms with Gasteiger partial charge in [0.1, 0.15) is 0 Å². The molecular formula is C8H10BrF3N2O. The Morgan fingerprint density at radius 1 is 1.53 bits per heavy atom. The normalized spacial score (nSPS) is 14.3. The summed E-state index contributed by atoms with van der Waals surface area (Å²) in [4.78, 5) is 0. The van der Waals surface area contributed by atoms with Gasteiger partial charge in [-0.15, -0.1) is 0 Å². The van der Waals surface area contributed by atoms with E-state index in [-0.39, 0.29) is 0 Å². The van der Waals surface area contributed by atoms with Gasteiger partial charge in [-0.2, -0.15) is 18.3 Å². The Labute approximate surface area is 93.0 Å². The molecule has 86 valence electrons. The first-order valence-corrected chi connectivity index (χ1v) is 4.95. The van der Waals surface area contributed by atoms with E-state index in [1.165, 1.54) is 11.7 Å². The average molecular weight is 287 g/mol. The van der Waals surface area contributed by atoms with Crippen LogP contribution in [0.15, 0.2) is 4.47 Å². The molecule has 15 heavy (non-hydrogen) atoms. The molecule has 0 spiro atoms. The quantitative estimate of drug-likeness (QED) is 0.903. The Bertz CT molecular complexity index is 362. The van der Waals surface area contributed by atoms with Crippen LogP contribution in [0.2, 0.25) is 0 Å². The summed E-state index contributed by atoms with van der Waals surface area (Å²) < 4.78 is 38.2. The fraction of sp³-hybridized carbons (Fsp3) is 0.625. The molecule has 1 atom stereocenters. The van der Waals surface area contributed by atoms with Gasteiger partial charge in [0.2, 0.25) is 0 Å². The second kappa shape index (κ2) is 4.13. The van der Waals surface area contributed by atoms with Crippen molar-refractivity contribution in [3.8, 4) is 0 Å². The average Bonchev–Trinajstić information content (AvgIpc) is 2.30. The van der Waals surface area contributed by atoms with Crippen molar-refractivity contribution < 1.29 is 18.3 Å². The Hall–Kier alpha value is -0.560. The van der Waals surface area contributed by atoms with E-state index in [0.717, 1.165) is 0 Å². The zero-order chi connectivity index (χ0) is 11.8. The molecule has 0 fully saturated rings. The van der Waals surface area contributed by atoms with E-state index in [9.17, 15) is 13.2 Å². The summed E-state index contributed by atoms with van der Waals surface area (Å²) in [5.74, 6) is 0. The molecule has 1 aromatic rings. The lowest BCUT2D eigenvalue weighted by Crippen LogP contribution is -2.31. The van der Waals surface area contributed by atoms with Crippen molar-refractivity contribution in [1.29, 1.82) is 0 Å². The van der Waals surface area contributed by atoms with Crippen LogP contribution in [-0.2, 0) is 13.5 Å². The summed E-state index contributed by atoms with van der Waals surface area (Å²) >= 11 is 3.13. The number of aryl methyl sites for hydroxylation is 2. The highest BCUT2D eigenvalue weighted by molar-refractivity contribution is 9.10. The van der Waals surface area contributed by atoms with Crippen LogP contribution in [0.1, 0.15) is 11.4 Å². The molecule has 1 unspecified atom stereocenters. The smallest absolute Gasteiger partial charge is 0.383 e. The molecule has 0 bridgehead atoms. The summed E-state index contributed by atoms with van der Waals surface area (Å²) in [5.41, 5.74) is 0.930. The number of aliphatic hydroxyl groups is 1. The number of nitrogens with zero attached hydrogens (tertiary/aromatic N) is 2. The standard InChI is InChI=1S/C8H10BrF3N2O/c1-4-7(9)5(14(2)13-4)3-6(15)8(10,11)12/h6,15H,3H2,1-2H3. The third-order valence-electron chi connectivity index (χ3n) is 2.03. The van der Waals surface area contributed by atoms with E-state index in [1.54, 1.807) is 6.92 Å². The van der Waals surface area contributed by atoms with Gasteiger partial charge < -0.3 is 5.11 Å². The van der Waals surface area contributed by atoms with E-state index < -0.39 is 18.7 Å². The van der Waals surface area contributed by atoms with Crippen molar-refractivity contribution >= 4 is 15.9 Å². The lowest BCUT2D eigenvalue weighted by molar-refractivity contribution is -0.203. The van der Waals surface area contributed by atoms with E-state index >= 15 is 0 Å². The van der Waals surface area contributed by atoms with E-state index in [2.05, 4.69) is 21.0 Å². The monoisotopic (exact) mass is 286 g/mol. The Morgan fingerprint density at radius 2 is 2.07 bits per heavy atom. The van der Waals surface area contributed by atoms with Crippen LogP contribution in [0.3, 0.4) is 0 Å². The van der Waals surface area contributed by atoms with Crippen molar-refractivity contribution in [3.63, 3.8) is 0 Å². The number of halogens is 4. The Morgan fingerprint density at radius 3 is 2.40 bits per heavy atom. The highest BCUT2D eigenvalue weighted by atomic mass is 79.9. The van der Waals surface area contributed by atoms with Crippen molar-refractivity contribution in [2.75, 3.05) is 0 Å². The van der Waals surface area contributed by atoms with Gasteiger partial charge in [0, 0.05) is 13.5 Å². The van der Waals surface area contributed by atoms with Crippen LogP contribution in [0.4, 0.5) is 13.2 Å². The largest absolute Gasteiger partial charge is 0.414 e. The summed E-state index contributed by atoms with van der Waals surface area (Å²) in [5, 5.41) is 12.8. The number of aliphatic hydroxyl groups excluding tert-OH is 1. The molecule has 0 saturated carbocycles. The van der Waals surface area contributed by atoms with Crippen molar-refractivity contribution in [2.45, 2.75) is 25.6 Å². The number of rotatable bonds is 2. The summed E-state index contributed by atoms with van der Waals surface area (Å²) in [6.07, 6.45) is -7.46. The first-order chi connectivity index (χ1) is 6.73. The van der Waals surface area contributed by atoms with Gasteiger partial charge in [0.05, 0.1) is 15.9 Å². The molecule has 1 heterocycles. The molecule has 3 nitrogen and oxygen atoms in total. The number of aromatic nitrogens is 2. The van der Waals surface area contributed by atoms with Gasteiger partial charge in [-0.3, -0.25) is 4.68 Å². The molecule has 1 aromatic heterocycles. The molecule has 0 aliphatic carbocycles. The maximum absolute atomic E-state index is 12.1. The van der Waals surface area contributed by atoms with Gasteiger partial charge in [-0.25, -0.2) is 0 Å². The minimum Gasteiger partial charge on any atom is -0.383 e. The zero-order valence-electron chi connectivity index (χ0n) is 8.14. The van der Waals surface area contributed by atoms with Gasteiger partial charge in [0.15, 0.2) is 6.10 Å². The van der Waals surface area contributed by atoms with Gasteiger partial charge in [-0.05, 0) is 22.9 Å². The minimum atomic E-state index is -4.60. The predicted octanol–water partition coefficient (Wildman–Crippen LogP) is 1.96. The van der Waals surface area contributed by atoms with Crippen LogP contribution in [0.5, 0.6) is 0 Å². The number of hydrogen-bond donors (Lipinski definition) is 1. The first kappa shape index (κ1) is 12.5. The molecule has 0 aromatic carbocycles. The maximum Gasteiger partial charge on any atom is 0.414 e. The van der Waals surface area contributed by atoms with Crippen molar-refractivity contribution in [3.05, 3.63) is 15.9 Å². The van der Waals surface area contributed by atoms with Crippen LogP contribution in [0.25, 0.3) is 0 Å². The topological polar surface area (TPSA) is 38.0 Å². The molecule has 7 heteroatoms. The lowest BCUT2D eigenvalue weighted by Gasteiger charge is -2.14. The molecule has 0 radical (unpaired) electrons. The fourth-order valence-corrected chi connectivity index (χ4v) is 1.70. The van der Waals surface area contributed by atoms with Crippen LogP contribution >= 0.6 is 15.9 Å². The van der Waals surface area contributed by atoms with Crippen LogP contribution < -0.4 is 0 Å². The fourth-order valence-electron chi connectivity index (χ4n) is 1.20. The molecule has 0 saturated heterocycles. The van der Waals surface area contributed by atoms with Crippen LogP contribution in [-0.4, -0.2) is 27.2 Å². The zero-order valence-corrected chi connectivity index (χ0v) is 9.72. The highest BCUT2D eigenvalue weighted by Crippen LogP contribution is 2.27. The minimum absolute atomic E-state index is 0.331. The Kier molecular flexibility index (Phi) is 3.44. The molecule has 0 aliphatic heterocycles. The molecule has 0 amide bonds. The summed E-state index contributed by atoms with van der Waals surface area (Å²) in [6.45, 7) is 1.67. The molecular weight excluding hydrogens is 277 g/mol. The van der Waals surface area contributed by atoms with E-state index in [0.29, 0.717) is 15.9 Å². The summed E-state index contributed by atoms with van der Waals surface area (Å²) in [6, 6.07) is 0. The number of alkyl halides is 3. The molecule has 1 rings (SSSR count). The number of hydrogen-bond acceptors (Lipinski definition) is 2. The second-order valence-corrected chi connectivity index (χ2v) is 4.02. The first-order valence-electron chi connectivity index (χ1n) is 4.16. The van der Waals surface area contributed by atoms with Gasteiger partial charge in [0.25, 0.3) is 0 Å². The van der Waals surface area contributed by atoms with Crippen molar-refractivity contribution in [1.82, 2.24) is 9.78 Å². The maximum atomic E-state index is 12.1. The molecule has 0 aliphatic rings. The lowest BCUT2D eigenvalue weighted by atomic mass is 10.2. The Balaban J connectivity index is 2.90. The highest BCUT2D eigenvalue weighted by Gasteiger charge is 2.39. The third-order valence-corrected chi connectivity index (χ3v) is 3.06. The van der Waals surface area contributed by atoms with Crippen molar-refractivity contribution in [2.24, 2.45) is 7.05 Å². The van der Waals surface area contributed by atoms with E-state index in [4.69, 9.17) is 5.11 Å². The van der Waals surface area contributed by atoms with Gasteiger partial charge in [-0.1, -0.05) is 0 Å². The molecule has 1 N–H and O–H groups in total.